The number of benzene rings is 1. The Hall–Kier alpha value is -1.71. The number of rotatable bonds is 6. The first-order valence-corrected chi connectivity index (χ1v) is 6.91. The molecule has 4 nitrogen and oxygen atoms in total. The number of unbranched alkanes of at least 4 members (excludes halogenated alkanes) is 1. The number of nitrogens with zero attached hydrogens (tertiary/aromatic N) is 1. The lowest BCUT2D eigenvalue weighted by Crippen LogP contribution is -2.34. The van der Waals surface area contributed by atoms with Gasteiger partial charge < -0.3 is 15.4 Å². The predicted molar refractivity (Wildman–Crippen MR) is 76.4 cm³/mol. The van der Waals surface area contributed by atoms with Crippen LogP contribution in [0.3, 0.4) is 0 Å². The van der Waals surface area contributed by atoms with Crippen LogP contribution in [0.25, 0.3) is 0 Å². The Morgan fingerprint density at radius 1 is 1.42 bits per heavy atom. The molecule has 0 aromatic heterocycles. The molecule has 0 bridgehead atoms. The summed E-state index contributed by atoms with van der Waals surface area (Å²) in [5.41, 5.74) is 7.00. The molecule has 0 aliphatic heterocycles. The van der Waals surface area contributed by atoms with Gasteiger partial charge in [-0.3, -0.25) is 4.79 Å². The average Bonchev–Trinajstić information content (AvgIpc) is 3.22. The summed E-state index contributed by atoms with van der Waals surface area (Å²) < 4.78 is 5.17. The first-order chi connectivity index (χ1) is 9.15. The van der Waals surface area contributed by atoms with Crippen LogP contribution in [0.1, 0.15) is 43.0 Å². The molecular weight excluding hydrogens is 240 g/mol. The first-order valence-electron chi connectivity index (χ1n) is 6.91. The second-order valence-electron chi connectivity index (χ2n) is 5.08. The van der Waals surface area contributed by atoms with Gasteiger partial charge in [0.05, 0.1) is 7.11 Å². The van der Waals surface area contributed by atoms with E-state index in [1.807, 2.05) is 4.90 Å². The van der Waals surface area contributed by atoms with Crippen molar-refractivity contribution in [1.82, 2.24) is 4.90 Å². The zero-order valence-electron chi connectivity index (χ0n) is 11.7. The van der Waals surface area contributed by atoms with Crippen LogP contribution in [0, 0.1) is 0 Å². The van der Waals surface area contributed by atoms with Crippen molar-refractivity contribution in [1.29, 1.82) is 0 Å². The molecule has 0 saturated heterocycles. The molecule has 0 atom stereocenters. The monoisotopic (exact) mass is 262 g/mol. The van der Waals surface area contributed by atoms with E-state index in [2.05, 4.69) is 6.92 Å². The normalized spacial score (nSPS) is 14.2. The van der Waals surface area contributed by atoms with Gasteiger partial charge in [-0.2, -0.15) is 0 Å². The van der Waals surface area contributed by atoms with E-state index in [-0.39, 0.29) is 5.91 Å². The highest BCUT2D eigenvalue weighted by Crippen LogP contribution is 2.29. The molecule has 1 aromatic carbocycles. The van der Waals surface area contributed by atoms with Gasteiger partial charge in [0.15, 0.2) is 0 Å². The van der Waals surface area contributed by atoms with Crippen molar-refractivity contribution in [3.63, 3.8) is 0 Å². The van der Waals surface area contributed by atoms with E-state index in [0.717, 1.165) is 32.2 Å². The number of hydrogen-bond acceptors (Lipinski definition) is 3. The van der Waals surface area contributed by atoms with Gasteiger partial charge in [-0.15, -0.1) is 0 Å². The molecule has 1 aromatic rings. The van der Waals surface area contributed by atoms with Crippen LogP contribution >= 0.6 is 0 Å². The second kappa shape index (κ2) is 5.95. The molecule has 0 heterocycles. The zero-order valence-corrected chi connectivity index (χ0v) is 11.7. The molecule has 1 aliphatic carbocycles. The van der Waals surface area contributed by atoms with E-state index in [1.165, 1.54) is 0 Å². The lowest BCUT2D eigenvalue weighted by molar-refractivity contribution is 0.0740. The largest absolute Gasteiger partial charge is 0.497 e. The number of nitrogen functional groups attached to an aromatic ring is 1. The summed E-state index contributed by atoms with van der Waals surface area (Å²) in [6.45, 7) is 2.97. The quantitative estimate of drug-likeness (QED) is 0.802. The van der Waals surface area contributed by atoms with E-state index >= 15 is 0 Å². The molecule has 2 rings (SSSR count). The fourth-order valence-corrected chi connectivity index (χ4v) is 2.19. The topological polar surface area (TPSA) is 55.6 Å². The Kier molecular flexibility index (Phi) is 4.30. The Bertz CT molecular complexity index is 455. The summed E-state index contributed by atoms with van der Waals surface area (Å²) in [5, 5.41) is 0. The van der Waals surface area contributed by atoms with Crippen molar-refractivity contribution in [3.05, 3.63) is 23.8 Å². The second-order valence-corrected chi connectivity index (χ2v) is 5.08. The molecule has 0 radical (unpaired) electrons. The van der Waals surface area contributed by atoms with E-state index in [4.69, 9.17) is 10.5 Å². The minimum absolute atomic E-state index is 0.0709. The highest BCUT2D eigenvalue weighted by atomic mass is 16.5. The SMILES string of the molecule is CCCCN(C(=O)c1cc(N)cc(OC)c1)C1CC1. The Labute approximate surface area is 114 Å². The van der Waals surface area contributed by atoms with Gasteiger partial charge in [0, 0.05) is 29.9 Å². The molecule has 104 valence electrons. The number of ether oxygens (including phenoxy) is 1. The fourth-order valence-electron chi connectivity index (χ4n) is 2.19. The van der Waals surface area contributed by atoms with Crippen LogP contribution < -0.4 is 10.5 Å². The lowest BCUT2D eigenvalue weighted by Gasteiger charge is -2.22. The minimum atomic E-state index is 0.0709. The number of anilines is 1. The van der Waals surface area contributed by atoms with Crippen LogP contribution in [-0.4, -0.2) is 30.5 Å². The number of nitrogens with two attached hydrogens (primary N) is 1. The molecule has 4 heteroatoms. The van der Waals surface area contributed by atoms with Gasteiger partial charge in [0.2, 0.25) is 0 Å². The summed E-state index contributed by atoms with van der Waals surface area (Å²) in [4.78, 5) is 14.6. The molecule has 1 saturated carbocycles. The molecule has 1 fully saturated rings. The third-order valence-electron chi connectivity index (χ3n) is 3.41. The molecular formula is C15H22N2O2. The predicted octanol–water partition coefficient (Wildman–Crippen LogP) is 2.68. The number of amides is 1. The molecule has 1 amide bonds. The smallest absolute Gasteiger partial charge is 0.254 e. The van der Waals surface area contributed by atoms with Crippen LogP contribution in [0.2, 0.25) is 0 Å². The van der Waals surface area contributed by atoms with Crippen molar-refractivity contribution < 1.29 is 9.53 Å². The van der Waals surface area contributed by atoms with E-state index in [1.54, 1.807) is 25.3 Å². The molecule has 2 N–H and O–H groups in total. The van der Waals surface area contributed by atoms with Gasteiger partial charge in [-0.1, -0.05) is 13.3 Å². The molecule has 1 aliphatic rings. The third-order valence-corrected chi connectivity index (χ3v) is 3.41. The van der Waals surface area contributed by atoms with Gasteiger partial charge in [-0.05, 0) is 31.4 Å². The Morgan fingerprint density at radius 2 is 2.16 bits per heavy atom. The van der Waals surface area contributed by atoms with Crippen molar-refractivity contribution in [2.45, 2.75) is 38.6 Å². The van der Waals surface area contributed by atoms with E-state index < -0.39 is 0 Å². The number of hydrogen-bond donors (Lipinski definition) is 1. The van der Waals surface area contributed by atoms with Gasteiger partial charge in [-0.25, -0.2) is 0 Å². The summed E-state index contributed by atoms with van der Waals surface area (Å²) in [6.07, 6.45) is 4.38. The number of carbonyl (C=O) groups excluding carboxylic acids is 1. The van der Waals surface area contributed by atoms with Crippen molar-refractivity contribution >= 4 is 11.6 Å². The van der Waals surface area contributed by atoms with Gasteiger partial charge in [0.25, 0.3) is 5.91 Å². The number of methoxy groups -OCH3 is 1. The molecule has 0 spiro atoms. The van der Waals surface area contributed by atoms with Crippen LogP contribution in [0.4, 0.5) is 5.69 Å². The Balaban J connectivity index is 2.18. The van der Waals surface area contributed by atoms with E-state index in [9.17, 15) is 4.79 Å². The summed E-state index contributed by atoms with van der Waals surface area (Å²) in [6, 6.07) is 5.64. The van der Waals surface area contributed by atoms with Crippen molar-refractivity contribution in [2.24, 2.45) is 0 Å². The van der Waals surface area contributed by atoms with Crippen LogP contribution in [-0.2, 0) is 0 Å². The maximum absolute atomic E-state index is 12.6. The van der Waals surface area contributed by atoms with Crippen molar-refractivity contribution in [2.75, 3.05) is 19.4 Å². The van der Waals surface area contributed by atoms with Crippen LogP contribution in [0.5, 0.6) is 5.75 Å². The zero-order chi connectivity index (χ0) is 13.8. The van der Waals surface area contributed by atoms with Gasteiger partial charge >= 0.3 is 0 Å². The third kappa shape index (κ3) is 3.40. The standard InChI is InChI=1S/C15H22N2O2/c1-3-4-7-17(13-5-6-13)15(18)11-8-12(16)10-14(9-11)19-2/h8-10,13H,3-7,16H2,1-2H3. The highest BCUT2D eigenvalue weighted by Gasteiger charge is 2.32. The highest BCUT2D eigenvalue weighted by molar-refractivity contribution is 5.96. The summed E-state index contributed by atoms with van der Waals surface area (Å²) >= 11 is 0. The molecule has 19 heavy (non-hydrogen) atoms. The maximum Gasteiger partial charge on any atom is 0.254 e. The average molecular weight is 262 g/mol. The van der Waals surface area contributed by atoms with E-state index in [0.29, 0.717) is 23.0 Å². The Morgan fingerprint density at radius 3 is 2.74 bits per heavy atom. The summed E-state index contributed by atoms with van der Waals surface area (Å²) in [7, 11) is 1.58. The molecule has 0 unspecified atom stereocenters. The van der Waals surface area contributed by atoms with Crippen LogP contribution in [0.15, 0.2) is 18.2 Å². The minimum Gasteiger partial charge on any atom is -0.497 e. The lowest BCUT2D eigenvalue weighted by atomic mass is 10.1. The summed E-state index contributed by atoms with van der Waals surface area (Å²) in [5.74, 6) is 0.705. The van der Waals surface area contributed by atoms with Gasteiger partial charge in [0.1, 0.15) is 5.75 Å². The van der Waals surface area contributed by atoms with Crippen molar-refractivity contribution in [3.8, 4) is 5.75 Å². The maximum atomic E-state index is 12.6. The number of carbonyl (C=O) groups is 1. The first kappa shape index (κ1) is 13.7. The fraction of sp³-hybridized carbons (Fsp3) is 0.533.